The monoisotopic (exact) mass is 393 g/mol. The molecule has 0 saturated carbocycles. The third kappa shape index (κ3) is 4.62. The molecule has 0 saturated heterocycles. The molecular weight excluding hydrogens is 366 g/mol. The van der Waals surface area contributed by atoms with E-state index in [-0.39, 0.29) is 0 Å². The Bertz CT molecular complexity index is 1130. The summed E-state index contributed by atoms with van der Waals surface area (Å²) in [6.45, 7) is 6.19. The fourth-order valence-corrected chi connectivity index (χ4v) is 3.78. The SMILES string of the molecule is CCCc1nc(C)ccc1-c1cc(Cc2ccc(-c3ccccc3)cc2)nc(C)n1. The van der Waals surface area contributed by atoms with Crippen molar-refractivity contribution in [1.29, 1.82) is 0 Å². The first-order valence-corrected chi connectivity index (χ1v) is 10.6. The lowest BCUT2D eigenvalue weighted by Crippen LogP contribution is -2.02. The van der Waals surface area contributed by atoms with E-state index in [0.717, 1.165) is 53.4 Å². The van der Waals surface area contributed by atoms with Crippen LogP contribution in [0.15, 0.2) is 72.8 Å². The molecule has 0 fully saturated rings. The van der Waals surface area contributed by atoms with Gasteiger partial charge in [-0.3, -0.25) is 4.98 Å². The van der Waals surface area contributed by atoms with Gasteiger partial charge in [-0.05, 0) is 55.2 Å². The van der Waals surface area contributed by atoms with Crippen LogP contribution in [0.3, 0.4) is 0 Å². The van der Waals surface area contributed by atoms with E-state index in [0.29, 0.717) is 0 Å². The lowest BCUT2D eigenvalue weighted by Gasteiger charge is -2.11. The Kier molecular flexibility index (Phi) is 5.99. The molecule has 0 atom stereocenters. The van der Waals surface area contributed by atoms with Crippen molar-refractivity contribution in [1.82, 2.24) is 15.0 Å². The minimum absolute atomic E-state index is 0.786. The number of benzene rings is 2. The van der Waals surface area contributed by atoms with Crippen LogP contribution < -0.4 is 0 Å². The fourth-order valence-electron chi connectivity index (χ4n) is 3.78. The number of hydrogen-bond acceptors (Lipinski definition) is 3. The van der Waals surface area contributed by atoms with Crippen molar-refractivity contribution in [2.75, 3.05) is 0 Å². The average Bonchev–Trinajstić information content (AvgIpc) is 2.75. The highest BCUT2D eigenvalue weighted by Gasteiger charge is 2.11. The summed E-state index contributed by atoms with van der Waals surface area (Å²) in [5.41, 5.74) is 9.00. The summed E-state index contributed by atoms with van der Waals surface area (Å²) in [5.74, 6) is 0.798. The van der Waals surface area contributed by atoms with Gasteiger partial charge in [-0.1, -0.05) is 67.9 Å². The van der Waals surface area contributed by atoms with Crippen LogP contribution >= 0.6 is 0 Å². The average molecular weight is 394 g/mol. The molecule has 150 valence electrons. The van der Waals surface area contributed by atoms with E-state index >= 15 is 0 Å². The van der Waals surface area contributed by atoms with Gasteiger partial charge in [-0.2, -0.15) is 0 Å². The summed E-state index contributed by atoms with van der Waals surface area (Å²) in [6, 6.07) is 25.5. The van der Waals surface area contributed by atoms with E-state index in [2.05, 4.69) is 73.7 Å². The zero-order valence-electron chi connectivity index (χ0n) is 17.9. The molecule has 2 heterocycles. The van der Waals surface area contributed by atoms with E-state index in [1.165, 1.54) is 16.7 Å². The van der Waals surface area contributed by atoms with Crippen LogP contribution in [0.4, 0.5) is 0 Å². The van der Waals surface area contributed by atoms with Crippen LogP contribution in [0.5, 0.6) is 0 Å². The maximum Gasteiger partial charge on any atom is 0.126 e. The van der Waals surface area contributed by atoms with Gasteiger partial charge >= 0.3 is 0 Å². The van der Waals surface area contributed by atoms with Crippen LogP contribution in [0.1, 0.15) is 41.8 Å². The van der Waals surface area contributed by atoms with Crippen molar-refractivity contribution in [3.63, 3.8) is 0 Å². The molecule has 30 heavy (non-hydrogen) atoms. The van der Waals surface area contributed by atoms with Gasteiger partial charge in [-0.25, -0.2) is 9.97 Å². The first kappa shape index (κ1) is 20.0. The van der Waals surface area contributed by atoms with E-state index in [4.69, 9.17) is 15.0 Å². The first-order chi connectivity index (χ1) is 14.6. The zero-order valence-corrected chi connectivity index (χ0v) is 17.9. The highest BCUT2D eigenvalue weighted by atomic mass is 14.9. The number of rotatable bonds is 6. The Morgan fingerprint density at radius 3 is 2.20 bits per heavy atom. The Labute approximate surface area is 178 Å². The molecule has 4 aromatic rings. The summed E-state index contributed by atoms with van der Waals surface area (Å²) in [6.07, 6.45) is 2.80. The second-order valence-electron chi connectivity index (χ2n) is 7.73. The molecule has 0 aliphatic rings. The molecule has 0 spiro atoms. The van der Waals surface area contributed by atoms with Crippen LogP contribution in [-0.4, -0.2) is 15.0 Å². The van der Waals surface area contributed by atoms with Crippen molar-refractivity contribution in [3.8, 4) is 22.4 Å². The normalized spacial score (nSPS) is 10.9. The minimum Gasteiger partial charge on any atom is -0.257 e. The predicted octanol–water partition coefficient (Wildman–Crippen LogP) is 6.37. The van der Waals surface area contributed by atoms with Crippen molar-refractivity contribution in [3.05, 3.63) is 101 Å². The highest BCUT2D eigenvalue weighted by molar-refractivity contribution is 5.64. The lowest BCUT2D eigenvalue weighted by molar-refractivity contribution is 0.873. The molecule has 0 aliphatic heterocycles. The third-order valence-corrected chi connectivity index (χ3v) is 5.21. The largest absolute Gasteiger partial charge is 0.257 e. The smallest absolute Gasteiger partial charge is 0.126 e. The summed E-state index contributed by atoms with van der Waals surface area (Å²) < 4.78 is 0. The molecule has 0 aliphatic carbocycles. The summed E-state index contributed by atoms with van der Waals surface area (Å²) in [4.78, 5) is 14.2. The molecule has 4 rings (SSSR count). The predicted molar refractivity (Wildman–Crippen MR) is 123 cm³/mol. The topological polar surface area (TPSA) is 38.7 Å². The van der Waals surface area contributed by atoms with Gasteiger partial charge in [0.15, 0.2) is 0 Å². The Balaban J connectivity index is 1.62. The molecule has 3 heteroatoms. The van der Waals surface area contributed by atoms with Crippen LogP contribution in [0, 0.1) is 13.8 Å². The van der Waals surface area contributed by atoms with E-state index in [1.807, 2.05) is 19.9 Å². The summed E-state index contributed by atoms with van der Waals surface area (Å²) in [5, 5.41) is 0. The second kappa shape index (κ2) is 9.00. The fraction of sp³-hybridized carbons (Fsp3) is 0.222. The second-order valence-corrected chi connectivity index (χ2v) is 7.73. The Morgan fingerprint density at radius 1 is 0.733 bits per heavy atom. The van der Waals surface area contributed by atoms with Crippen molar-refractivity contribution < 1.29 is 0 Å². The van der Waals surface area contributed by atoms with E-state index in [1.54, 1.807) is 0 Å². The summed E-state index contributed by atoms with van der Waals surface area (Å²) >= 11 is 0. The quantitative estimate of drug-likeness (QED) is 0.382. The Hall–Kier alpha value is -3.33. The van der Waals surface area contributed by atoms with Gasteiger partial charge in [0.05, 0.1) is 11.4 Å². The standard InChI is InChI=1S/C27H27N3/c1-4-8-26-25(16-11-19(2)28-26)27-18-24(29-20(3)30-27)17-21-12-14-23(15-13-21)22-9-6-5-7-10-22/h5-7,9-16,18H,4,8,17H2,1-3H3. The number of pyridine rings is 1. The molecular formula is C27H27N3. The number of aryl methyl sites for hydroxylation is 3. The number of aromatic nitrogens is 3. The van der Waals surface area contributed by atoms with Gasteiger partial charge < -0.3 is 0 Å². The van der Waals surface area contributed by atoms with Crippen molar-refractivity contribution in [2.24, 2.45) is 0 Å². The maximum absolute atomic E-state index is 4.76. The van der Waals surface area contributed by atoms with Gasteiger partial charge in [0.25, 0.3) is 0 Å². The Morgan fingerprint density at radius 2 is 1.47 bits per heavy atom. The van der Waals surface area contributed by atoms with Gasteiger partial charge in [-0.15, -0.1) is 0 Å². The first-order valence-electron chi connectivity index (χ1n) is 10.6. The zero-order chi connectivity index (χ0) is 20.9. The maximum atomic E-state index is 4.76. The molecule has 2 aromatic heterocycles. The number of hydrogen-bond donors (Lipinski definition) is 0. The van der Waals surface area contributed by atoms with Crippen molar-refractivity contribution >= 4 is 0 Å². The molecule has 0 N–H and O–H groups in total. The van der Waals surface area contributed by atoms with Crippen LogP contribution in [-0.2, 0) is 12.8 Å². The van der Waals surface area contributed by atoms with Crippen molar-refractivity contribution in [2.45, 2.75) is 40.0 Å². The van der Waals surface area contributed by atoms with Gasteiger partial charge in [0, 0.05) is 23.4 Å². The van der Waals surface area contributed by atoms with Gasteiger partial charge in [0.1, 0.15) is 5.82 Å². The van der Waals surface area contributed by atoms with Gasteiger partial charge in [0.2, 0.25) is 0 Å². The third-order valence-electron chi connectivity index (χ3n) is 5.21. The van der Waals surface area contributed by atoms with Crippen LogP contribution in [0.2, 0.25) is 0 Å². The molecule has 3 nitrogen and oxygen atoms in total. The minimum atomic E-state index is 0.786. The summed E-state index contributed by atoms with van der Waals surface area (Å²) in [7, 11) is 0. The molecule has 2 aromatic carbocycles. The van der Waals surface area contributed by atoms with Crippen LogP contribution in [0.25, 0.3) is 22.4 Å². The highest BCUT2D eigenvalue weighted by Crippen LogP contribution is 2.25. The van der Waals surface area contributed by atoms with E-state index in [9.17, 15) is 0 Å². The number of nitrogens with zero attached hydrogens (tertiary/aromatic N) is 3. The molecule has 0 unspecified atom stereocenters. The lowest BCUT2D eigenvalue weighted by atomic mass is 10.0. The molecule has 0 radical (unpaired) electrons. The molecule has 0 bridgehead atoms. The molecule has 0 amide bonds. The van der Waals surface area contributed by atoms with E-state index < -0.39 is 0 Å².